The Balaban J connectivity index is 0.00000225. The van der Waals surface area contributed by atoms with Gasteiger partial charge in [-0.2, -0.15) is 0 Å². The van der Waals surface area contributed by atoms with E-state index in [0.29, 0.717) is 6.42 Å². The van der Waals surface area contributed by atoms with Gasteiger partial charge in [-0.1, -0.05) is 6.07 Å². The molecule has 0 radical (unpaired) electrons. The van der Waals surface area contributed by atoms with Gasteiger partial charge in [-0.25, -0.2) is 4.57 Å². The number of nitrogens with zero attached hydrogens (tertiary/aromatic N) is 1. The molecule has 0 unspecified atom stereocenters. The van der Waals surface area contributed by atoms with Crippen molar-refractivity contribution < 1.29 is 31.4 Å². The van der Waals surface area contributed by atoms with Crippen molar-refractivity contribution in [2.24, 2.45) is 5.73 Å². The van der Waals surface area contributed by atoms with Crippen LogP contribution in [0.5, 0.6) is 0 Å². The van der Waals surface area contributed by atoms with Crippen LogP contribution in [0.15, 0.2) is 30.6 Å². The average Bonchev–Trinajstić information content (AvgIpc) is 2.25. The van der Waals surface area contributed by atoms with Crippen molar-refractivity contribution in [3.8, 4) is 0 Å². The number of nitrogens with two attached hydrogens (primary N) is 1. The number of unbranched alkanes of at least 4 members (excludes halogenated alkanes) is 1. The third kappa shape index (κ3) is 5.82. The normalized spacial score (nSPS) is 11.6. The van der Waals surface area contributed by atoms with E-state index in [0.717, 1.165) is 19.4 Å². The van der Waals surface area contributed by atoms with Crippen LogP contribution in [0.2, 0.25) is 0 Å². The Morgan fingerprint density at radius 2 is 1.88 bits per heavy atom. The maximum absolute atomic E-state index is 10.4. The number of carboxylic acids is 1. The van der Waals surface area contributed by atoms with Crippen molar-refractivity contribution in [2.45, 2.75) is 31.8 Å². The van der Waals surface area contributed by atoms with Crippen molar-refractivity contribution in [1.82, 2.24) is 0 Å². The molecule has 0 aliphatic rings. The summed E-state index contributed by atoms with van der Waals surface area (Å²) in [6.07, 6.45) is 6.34. The van der Waals surface area contributed by atoms with Crippen molar-refractivity contribution in [3.63, 3.8) is 0 Å². The van der Waals surface area contributed by atoms with E-state index in [1.165, 1.54) is 0 Å². The second-order valence-corrected chi connectivity index (χ2v) is 3.55. The molecule has 1 aromatic rings. The monoisotopic (exact) mass is 288 g/mol. The van der Waals surface area contributed by atoms with Gasteiger partial charge in [0.25, 0.3) is 0 Å². The fraction of sp³-hybridized carbons (Fsp3) is 0.455. The molecule has 16 heavy (non-hydrogen) atoms. The minimum absolute atomic E-state index is 0. The van der Waals surface area contributed by atoms with Crippen molar-refractivity contribution in [3.05, 3.63) is 30.6 Å². The van der Waals surface area contributed by atoms with E-state index in [1.807, 2.05) is 30.6 Å². The van der Waals surface area contributed by atoms with Gasteiger partial charge in [0.2, 0.25) is 0 Å². The second-order valence-electron chi connectivity index (χ2n) is 3.55. The summed E-state index contributed by atoms with van der Waals surface area (Å²) in [6.45, 7) is 0.910. The van der Waals surface area contributed by atoms with E-state index in [4.69, 9.17) is 10.8 Å². The molecule has 0 fully saturated rings. The molecule has 90 valence electrons. The Hall–Kier alpha value is -0.940. The standard InChI is InChI=1S/C11H16N2O2.BrH/c12-10(11(14)15)6-2-5-9-13-7-3-1-4-8-13;/h1,3-4,7-8,10H,2,5-6,9,12H2;1H/t10-;/m0./s1. The highest BCUT2D eigenvalue weighted by molar-refractivity contribution is 5.72. The lowest BCUT2D eigenvalue weighted by Crippen LogP contribution is -3.00. The minimum Gasteiger partial charge on any atom is -1.00 e. The molecule has 3 N–H and O–H groups in total. The van der Waals surface area contributed by atoms with Crippen molar-refractivity contribution >= 4 is 5.97 Å². The third-order valence-corrected chi connectivity index (χ3v) is 2.28. The van der Waals surface area contributed by atoms with Crippen LogP contribution in [0.25, 0.3) is 0 Å². The summed E-state index contributed by atoms with van der Waals surface area (Å²) < 4.78 is 2.08. The van der Waals surface area contributed by atoms with Gasteiger partial charge in [-0.15, -0.1) is 0 Å². The SMILES string of the molecule is N[C@@H](CCCC[n+]1ccccc1)C(=O)O.[Br-]. The Kier molecular flexibility index (Phi) is 7.76. The van der Waals surface area contributed by atoms with Crippen LogP contribution in [0.4, 0.5) is 0 Å². The first-order valence-electron chi connectivity index (χ1n) is 5.12. The molecule has 1 rings (SSSR count). The van der Waals surface area contributed by atoms with Gasteiger partial charge in [0.1, 0.15) is 12.6 Å². The number of carboxylic acid groups (broad SMARTS) is 1. The Morgan fingerprint density at radius 1 is 1.25 bits per heavy atom. The number of aliphatic carboxylic acids is 1. The van der Waals surface area contributed by atoms with Gasteiger partial charge in [0.15, 0.2) is 12.4 Å². The number of rotatable bonds is 6. The highest BCUT2D eigenvalue weighted by atomic mass is 79.9. The fourth-order valence-corrected chi connectivity index (χ4v) is 1.37. The molecule has 1 heterocycles. The predicted molar refractivity (Wildman–Crippen MR) is 56.1 cm³/mol. The van der Waals surface area contributed by atoms with Gasteiger partial charge >= 0.3 is 5.97 Å². The molecular weight excluding hydrogens is 272 g/mol. The third-order valence-electron chi connectivity index (χ3n) is 2.28. The maximum Gasteiger partial charge on any atom is 0.320 e. The largest absolute Gasteiger partial charge is 1.00 e. The van der Waals surface area contributed by atoms with Gasteiger partial charge in [0, 0.05) is 18.6 Å². The second kappa shape index (κ2) is 8.24. The lowest BCUT2D eigenvalue weighted by molar-refractivity contribution is -0.697. The molecule has 0 amide bonds. The van der Waals surface area contributed by atoms with Crippen LogP contribution in [0, 0.1) is 0 Å². The van der Waals surface area contributed by atoms with E-state index in [2.05, 4.69) is 4.57 Å². The summed E-state index contributed by atoms with van der Waals surface area (Å²) >= 11 is 0. The molecule has 0 aliphatic heterocycles. The van der Waals surface area contributed by atoms with E-state index < -0.39 is 12.0 Å². The zero-order valence-electron chi connectivity index (χ0n) is 9.05. The molecule has 0 saturated heterocycles. The number of halogens is 1. The van der Waals surface area contributed by atoms with Crippen molar-refractivity contribution in [1.29, 1.82) is 0 Å². The van der Waals surface area contributed by atoms with Gasteiger partial charge in [-0.05, 0) is 12.8 Å². The van der Waals surface area contributed by atoms with Gasteiger partial charge in [-0.3, -0.25) is 4.79 Å². The number of carbonyl (C=O) groups is 1. The van der Waals surface area contributed by atoms with Crippen LogP contribution < -0.4 is 27.3 Å². The molecule has 0 aliphatic carbocycles. The smallest absolute Gasteiger partial charge is 0.320 e. The van der Waals surface area contributed by atoms with E-state index >= 15 is 0 Å². The van der Waals surface area contributed by atoms with E-state index in [1.54, 1.807) is 0 Å². The summed E-state index contributed by atoms with van der Waals surface area (Å²) in [5.41, 5.74) is 5.39. The number of hydrogen-bond donors (Lipinski definition) is 2. The Bertz CT molecular complexity index is 306. The van der Waals surface area contributed by atoms with Crippen LogP contribution in [0.3, 0.4) is 0 Å². The highest BCUT2D eigenvalue weighted by Crippen LogP contribution is 1.99. The molecule has 0 aromatic carbocycles. The predicted octanol–water partition coefficient (Wildman–Crippen LogP) is -2.44. The highest BCUT2D eigenvalue weighted by Gasteiger charge is 2.10. The number of hydrogen-bond acceptors (Lipinski definition) is 2. The summed E-state index contributed by atoms with van der Waals surface area (Å²) in [6, 6.07) is 5.20. The first-order chi connectivity index (χ1) is 7.20. The molecular formula is C11H17BrN2O2. The first-order valence-corrected chi connectivity index (χ1v) is 5.12. The van der Waals surface area contributed by atoms with Crippen molar-refractivity contribution in [2.75, 3.05) is 0 Å². The Morgan fingerprint density at radius 3 is 2.44 bits per heavy atom. The molecule has 0 spiro atoms. The number of pyridine rings is 1. The molecule has 5 heteroatoms. The van der Waals surface area contributed by atoms with Gasteiger partial charge < -0.3 is 27.8 Å². The van der Waals surface area contributed by atoms with Crippen LogP contribution >= 0.6 is 0 Å². The Labute approximate surface area is 106 Å². The molecule has 0 bridgehead atoms. The maximum atomic E-state index is 10.4. The van der Waals surface area contributed by atoms with Gasteiger partial charge in [0.05, 0.1) is 0 Å². The zero-order valence-corrected chi connectivity index (χ0v) is 10.6. The first kappa shape index (κ1) is 15.1. The van der Waals surface area contributed by atoms with Crippen LogP contribution in [0.1, 0.15) is 19.3 Å². The molecule has 1 aromatic heterocycles. The lowest BCUT2D eigenvalue weighted by atomic mass is 10.1. The minimum atomic E-state index is -0.914. The summed E-state index contributed by atoms with van der Waals surface area (Å²) in [5.74, 6) is -0.914. The molecule has 1 atom stereocenters. The van der Waals surface area contributed by atoms with Crippen LogP contribution in [-0.4, -0.2) is 17.1 Å². The zero-order chi connectivity index (χ0) is 11.1. The summed E-state index contributed by atoms with van der Waals surface area (Å²) in [5, 5.41) is 8.57. The fourth-order valence-electron chi connectivity index (χ4n) is 1.37. The van der Waals surface area contributed by atoms with E-state index in [-0.39, 0.29) is 17.0 Å². The summed E-state index contributed by atoms with van der Waals surface area (Å²) in [7, 11) is 0. The van der Waals surface area contributed by atoms with E-state index in [9.17, 15) is 4.79 Å². The topological polar surface area (TPSA) is 67.2 Å². The van der Waals surface area contributed by atoms with Crippen LogP contribution in [-0.2, 0) is 11.3 Å². The quantitative estimate of drug-likeness (QED) is 0.452. The average molecular weight is 289 g/mol. The molecule has 4 nitrogen and oxygen atoms in total. The lowest BCUT2D eigenvalue weighted by Gasteiger charge is -2.04. The number of aromatic nitrogens is 1. The summed E-state index contributed by atoms with van der Waals surface area (Å²) in [4.78, 5) is 10.4. The molecule has 0 saturated carbocycles. The number of aryl methyl sites for hydroxylation is 1.